The average Bonchev–Trinajstić information content (AvgIpc) is 2.70. The number of thioether (sulfide) groups is 1. The first-order chi connectivity index (χ1) is 8.54. The van der Waals surface area contributed by atoms with Crippen LogP contribution < -0.4 is 4.90 Å². The summed E-state index contributed by atoms with van der Waals surface area (Å²) in [6.45, 7) is 2.01. The molecule has 0 saturated carbocycles. The first-order valence-electron chi connectivity index (χ1n) is 5.49. The topological polar surface area (TPSA) is 70.2 Å². The van der Waals surface area contributed by atoms with Crippen LogP contribution >= 0.6 is 23.4 Å². The van der Waals surface area contributed by atoms with Gasteiger partial charge < -0.3 is 4.90 Å². The number of rotatable bonds is 3. The van der Waals surface area contributed by atoms with Crippen LogP contribution in [0.1, 0.15) is 13.3 Å². The van der Waals surface area contributed by atoms with Crippen molar-refractivity contribution in [3.05, 3.63) is 33.3 Å². The van der Waals surface area contributed by atoms with Gasteiger partial charge in [0.25, 0.3) is 5.69 Å². The highest BCUT2D eigenvalue weighted by Gasteiger charge is 2.33. The van der Waals surface area contributed by atoms with Gasteiger partial charge in [0.2, 0.25) is 0 Å². The highest BCUT2D eigenvalue weighted by molar-refractivity contribution is 8.14. The molecule has 7 heteroatoms. The van der Waals surface area contributed by atoms with Gasteiger partial charge in [-0.25, -0.2) is 0 Å². The molecule has 0 bridgehead atoms. The molecular weight excluding hydrogens is 274 g/mol. The Morgan fingerprint density at radius 3 is 3.00 bits per heavy atom. The molecule has 1 N–H and O–H groups in total. The quantitative estimate of drug-likeness (QED) is 0.681. The van der Waals surface area contributed by atoms with Crippen LogP contribution in [0.5, 0.6) is 0 Å². The molecule has 0 aliphatic carbocycles. The molecule has 1 fully saturated rings. The molecule has 18 heavy (non-hydrogen) atoms. The third kappa shape index (κ3) is 2.30. The lowest BCUT2D eigenvalue weighted by atomic mass is 10.2. The fourth-order valence-electron chi connectivity index (χ4n) is 1.94. The largest absolute Gasteiger partial charge is 0.312 e. The maximum atomic E-state index is 11.1. The molecule has 5 nitrogen and oxygen atoms in total. The minimum atomic E-state index is -0.454. The van der Waals surface area contributed by atoms with E-state index in [-0.39, 0.29) is 11.7 Å². The Balaban J connectivity index is 2.49. The summed E-state index contributed by atoms with van der Waals surface area (Å²) in [4.78, 5) is 12.3. The van der Waals surface area contributed by atoms with E-state index in [1.807, 2.05) is 6.92 Å². The SMILES string of the molecule is CC[C@H]1CSC(=N)N1c1ccc(Cl)cc1[N+](=O)[O-]. The number of nitrogens with one attached hydrogen (secondary N) is 1. The van der Waals surface area contributed by atoms with Crippen LogP contribution in [0.3, 0.4) is 0 Å². The predicted molar refractivity (Wildman–Crippen MR) is 74.8 cm³/mol. The maximum Gasteiger partial charge on any atom is 0.294 e. The standard InChI is InChI=1S/C11H12ClN3O2S/c1-2-8-6-18-11(13)14(8)9-4-3-7(12)5-10(9)15(16)17/h3-5,8,13H,2,6H2,1H3/t8-/m0/s1. The van der Waals surface area contributed by atoms with E-state index in [0.717, 1.165) is 12.2 Å². The molecule has 0 spiro atoms. The Labute approximate surface area is 114 Å². The van der Waals surface area contributed by atoms with Crippen molar-refractivity contribution >= 4 is 39.9 Å². The summed E-state index contributed by atoms with van der Waals surface area (Å²) in [5.41, 5.74) is 0.402. The molecule has 2 rings (SSSR count). The van der Waals surface area contributed by atoms with E-state index in [0.29, 0.717) is 15.9 Å². The lowest BCUT2D eigenvalue weighted by Crippen LogP contribution is -2.33. The number of nitrogens with zero attached hydrogens (tertiary/aromatic N) is 2. The summed E-state index contributed by atoms with van der Waals surface area (Å²) < 4.78 is 0. The summed E-state index contributed by atoms with van der Waals surface area (Å²) in [5, 5.41) is 19.7. The second kappa shape index (κ2) is 5.16. The molecule has 1 aliphatic heterocycles. The van der Waals surface area contributed by atoms with E-state index in [1.165, 1.54) is 17.8 Å². The number of nitro groups is 1. The molecule has 1 aromatic carbocycles. The lowest BCUT2D eigenvalue weighted by Gasteiger charge is -2.24. The fraction of sp³-hybridized carbons (Fsp3) is 0.364. The van der Waals surface area contributed by atoms with E-state index < -0.39 is 4.92 Å². The fourth-order valence-corrected chi connectivity index (χ4v) is 3.23. The first-order valence-corrected chi connectivity index (χ1v) is 6.85. The molecule has 1 heterocycles. The zero-order chi connectivity index (χ0) is 13.3. The summed E-state index contributed by atoms with van der Waals surface area (Å²) >= 11 is 7.20. The van der Waals surface area contributed by atoms with Crippen molar-refractivity contribution in [2.75, 3.05) is 10.7 Å². The number of anilines is 1. The number of halogens is 1. The molecule has 0 unspecified atom stereocenters. The minimum Gasteiger partial charge on any atom is -0.312 e. The Kier molecular flexibility index (Phi) is 3.77. The molecule has 0 amide bonds. The van der Waals surface area contributed by atoms with Crippen LogP contribution in [0, 0.1) is 15.5 Å². The normalized spacial score (nSPS) is 19.3. The van der Waals surface area contributed by atoms with E-state index in [1.54, 1.807) is 17.0 Å². The van der Waals surface area contributed by atoms with Crippen LogP contribution in [0.25, 0.3) is 0 Å². The molecule has 1 atom stereocenters. The van der Waals surface area contributed by atoms with Crippen LogP contribution in [0.2, 0.25) is 5.02 Å². The molecule has 0 aromatic heterocycles. The monoisotopic (exact) mass is 285 g/mol. The van der Waals surface area contributed by atoms with E-state index in [9.17, 15) is 10.1 Å². The molecule has 1 saturated heterocycles. The number of hydrogen-bond donors (Lipinski definition) is 1. The van der Waals surface area contributed by atoms with Gasteiger partial charge in [-0.3, -0.25) is 15.5 Å². The first kappa shape index (κ1) is 13.2. The van der Waals surface area contributed by atoms with Gasteiger partial charge in [0.15, 0.2) is 5.17 Å². The van der Waals surface area contributed by atoms with Crippen LogP contribution in [-0.4, -0.2) is 21.9 Å². The van der Waals surface area contributed by atoms with Crippen molar-refractivity contribution in [2.24, 2.45) is 0 Å². The van der Waals surface area contributed by atoms with Gasteiger partial charge in [-0.1, -0.05) is 30.3 Å². The Morgan fingerprint density at radius 1 is 1.67 bits per heavy atom. The molecule has 1 aliphatic rings. The van der Waals surface area contributed by atoms with Crippen LogP contribution in [-0.2, 0) is 0 Å². The van der Waals surface area contributed by atoms with Crippen molar-refractivity contribution in [1.29, 1.82) is 5.41 Å². The molecular formula is C11H12ClN3O2S. The number of amidine groups is 1. The third-order valence-electron chi connectivity index (χ3n) is 2.86. The van der Waals surface area contributed by atoms with E-state index in [2.05, 4.69) is 0 Å². The van der Waals surface area contributed by atoms with E-state index in [4.69, 9.17) is 17.0 Å². The van der Waals surface area contributed by atoms with Crippen LogP contribution in [0.4, 0.5) is 11.4 Å². The molecule has 0 radical (unpaired) electrons. The summed E-state index contributed by atoms with van der Waals surface area (Å²) in [5.74, 6) is 0.787. The Bertz CT molecular complexity index is 509. The smallest absolute Gasteiger partial charge is 0.294 e. The van der Waals surface area contributed by atoms with Crippen molar-refractivity contribution in [3.63, 3.8) is 0 Å². The average molecular weight is 286 g/mol. The minimum absolute atomic E-state index is 0.0480. The Morgan fingerprint density at radius 2 is 2.39 bits per heavy atom. The summed E-state index contributed by atoms with van der Waals surface area (Å²) in [6, 6.07) is 4.69. The van der Waals surface area contributed by atoms with Gasteiger partial charge in [0.1, 0.15) is 5.69 Å². The zero-order valence-electron chi connectivity index (χ0n) is 9.72. The highest BCUT2D eigenvalue weighted by Crippen LogP contribution is 2.37. The van der Waals surface area contributed by atoms with Gasteiger partial charge >= 0.3 is 0 Å². The van der Waals surface area contributed by atoms with Gasteiger partial charge in [-0.2, -0.15) is 0 Å². The molecule has 96 valence electrons. The molecule has 1 aromatic rings. The predicted octanol–water partition coefficient (Wildman–Crippen LogP) is 3.51. The van der Waals surface area contributed by atoms with Gasteiger partial charge in [-0.15, -0.1) is 0 Å². The van der Waals surface area contributed by atoms with Crippen molar-refractivity contribution < 1.29 is 4.92 Å². The van der Waals surface area contributed by atoms with Crippen molar-refractivity contribution in [2.45, 2.75) is 19.4 Å². The maximum absolute atomic E-state index is 11.1. The number of benzene rings is 1. The number of nitro benzene ring substituents is 1. The second-order valence-electron chi connectivity index (χ2n) is 3.94. The number of hydrogen-bond acceptors (Lipinski definition) is 4. The summed E-state index contributed by atoms with van der Waals surface area (Å²) in [6.07, 6.45) is 0.842. The van der Waals surface area contributed by atoms with Crippen molar-refractivity contribution in [3.8, 4) is 0 Å². The van der Waals surface area contributed by atoms with Crippen molar-refractivity contribution in [1.82, 2.24) is 0 Å². The van der Waals surface area contributed by atoms with Gasteiger partial charge in [0, 0.05) is 22.9 Å². The highest BCUT2D eigenvalue weighted by atomic mass is 35.5. The van der Waals surface area contributed by atoms with Gasteiger partial charge in [0.05, 0.1) is 4.92 Å². The Hall–Kier alpha value is -1.27. The lowest BCUT2D eigenvalue weighted by molar-refractivity contribution is -0.384. The van der Waals surface area contributed by atoms with E-state index >= 15 is 0 Å². The summed E-state index contributed by atoms with van der Waals surface area (Å²) in [7, 11) is 0. The van der Waals surface area contributed by atoms with Crippen LogP contribution in [0.15, 0.2) is 18.2 Å². The zero-order valence-corrected chi connectivity index (χ0v) is 11.3. The van der Waals surface area contributed by atoms with Gasteiger partial charge in [-0.05, 0) is 18.6 Å². The third-order valence-corrected chi connectivity index (χ3v) is 4.12. The second-order valence-corrected chi connectivity index (χ2v) is 5.38.